The highest BCUT2D eigenvalue weighted by Gasteiger charge is 2.49. The summed E-state index contributed by atoms with van der Waals surface area (Å²) in [7, 11) is 0. The Hall–Kier alpha value is -5.96. The van der Waals surface area contributed by atoms with Crippen molar-refractivity contribution in [3.8, 4) is 0 Å². The predicted octanol–water partition coefficient (Wildman–Crippen LogP) is 4.82. The Labute approximate surface area is 304 Å². The van der Waals surface area contributed by atoms with Gasteiger partial charge in [0.2, 0.25) is 5.60 Å². The van der Waals surface area contributed by atoms with Crippen LogP contribution in [0.25, 0.3) is 0 Å². The van der Waals surface area contributed by atoms with Gasteiger partial charge >= 0.3 is 5.97 Å². The molecule has 0 radical (unpaired) electrons. The fourth-order valence-electron chi connectivity index (χ4n) is 5.74. The monoisotopic (exact) mass is 721 g/mol. The normalized spacial score (nSPS) is 16.5. The minimum absolute atomic E-state index is 0.0910. The van der Waals surface area contributed by atoms with Gasteiger partial charge in [-0.2, -0.15) is 5.21 Å². The molecule has 1 aliphatic heterocycles. The molecule has 2 amide bonds. The Morgan fingerprint density at radius 3 is 1.92 bits per heavy atom. The number of nitrogens with zero attached hydrogens (tertiary/aromatic N) is 6. The van der Waals surface area contributed by atoms with E-state index in [4.69, 9.17) is 14.6 Å². The minimum atomic E-state index is -1.58. The predicted molar refractivity (Wildman–Crippen MR) is 196 cm³/mol. The molecule has 3 aromatic carbocycles. The van der Waals surface area contributed by atoms with Crippen molar-refractivity contribution in [2.24, 2.45) is 5.16 Å². The number of ether oxygens (including phenoxy) is 1. The maximum atomic E-state index is 14.0. The topological polar surface area (TPSA) is 177 Å². The van der Waals surface area contributed by atoms with Crippen LogP contribution in [-0.2, 0) is 29.5 Å². The zero-order valence-corrected chi connectivity index (χ0v) is 30.3. The molecule has 0 bridgehead atoms. The second-order valence-corrected chi connectivity index (χ2v) is 14.5. The number of carbonyl (C=O) groups excluding carboxylic acids is 3. The standard InChI is InChI=1S/C37H39N9O5S/c1-23-28(31(48)46(23)33-41-44-45-42-33)39-30(47)29(43-51-36(5,6)32(49)50-35(2,3)4)27-22-52-34(38-27)40-37(24-16-10-7-11-17-24,25-18-12-8-13-19-25)26-20-14-9-15-21-26/h7-23,28H,1-6H3,(H,38,40)(H,39,47)(H,41,42,44,45)/b43-29-/t23-,28+/m1/s1. The lowest BCUT2D eigenvalue weighted by molar-refractivity contribution is -0.179. The summed E-state index contributed by atoms with van der Waals surface area (Å²) >= 11 is 1.26. The van der Waals surface area contributed by atoms with Gasteiger partial charge in [0, 0.05) is 5.38 Å². The van der Waals surface area contributed by atoms with E-state index < -0.39 is 46.6 Å². The summed E-state index contributed by atoms with van der Waals surface area (Å²) in [5.41, 5.74) is -0.462. The molecule has 268 valence electrons. The number of oxime groups is 1. The van der Waals surface area contributed by atoms with Crippen LogP contribution >= 0.6 is 11.3 Å². The van der Waals surface area contributed by atoms with E-state index in [1.54, 1.807) is 33.1 Å². The molecule has 3 N–H and O–H groups in total. The Morgan fingerprint density at radius 2 is 1.44 bits per heavy atom. The number of aromatic amines is 1. The van der Waals surface area contributed by atoms with Crippen molar-refractivity contribution in [1.82, 2.24) is 30.9 Å². The zero-order chi connectivity index (χ0) is 37.1. The Bertz CT molecular complexity index is 1950. The number of hydrogen-bond donors (Lipinski definition) is 3. The smallest absolute Gasteiger partial charge is 0.353 e. The van der Waals surface area contributed by atoms with Crippen LogP contribution in [0, 0.1) is 0 Å². The van der Waals surface area contributed by atoms with E-state index in [1.165, 1.54) is 30.1 Å². The molecule has 52 heavy (non-hydrogen) atoms. The summed E-state index contributed by atoms with van der Waals surface area (Å²) in [4.78, 5) is 52.0. The fourth-order valence-corrected chi connectivity index (χ4v) is 6.49. The van der Waals surface area contributed by atoms with Gasteiger partial charge in [0.05, 0.1) is 6.04 Å². The van der Waals surface area contributed by atoms with Crippen molar-refractivity contribution in [3.63, 3.8) is 0 Å². The fraction of sp³-hybridized carbons (Fsp3) is 0.297. The molecule has 0 unspecified atom stereocenters. The highest BCUT2D eigenvalue weighted by Crippen LogP contribution is 2.40. The van der Waals surface area contributed by atoms with Gasteiger partial charge in [0.1, 0.15) is 22.9 Å². The van der Waals surface area contributed by atoms with Crippen LogP contribution in [0.2, 0.25) is 0 Å². The Balaban J connectivity index is 1.37. The molecule has 5 aromatic rings. The number of esters is 1. The van der Waals surface area contributed by atoms with Crippen LogP contribution in [0.3, 0.4) is 0 Å². The largest absolute Gasteiger partial charge is 0.457 e. The van der Waals surface area contributed by atoms with Crippen molar-refractivity contribution in [1.29, 1.82) is 0 Å². The molecule has 1 aliphatic rings. The van der Waals surface area contributed by atoms with Gasteiger partial charge in [-0.15, -0.1) is 16.4 Å². The first kappa shape index (κ1) is 35.9. The second kappa shape index (κ2) is 14.3. The number of tetrazole rings is 1. The number of hydrogen-bond acceptors (Lipinski definition) is 12. The second-order valence-electron chi connectivity index (χ2n) is 13.7. The van der Waals surface area contributed by atoms with Gasteiger partial charge < -0.3 is 20.2 Å². The maximum absolute atomic E-state index is 14.0. The van der Waals surface area contributed by atoms with Crippen molar-refractivity contribution in [2.75, 3.05) is 10.2 Å². The van der Waals surface area contributed by atoms with Gasteiger partial charge in [-0.25, -0.2) is 9.78 Å². The van der Waals surface area contributed by atoms with Crippen molar-refractivity contribution < 1.29 is 24.0 Å². The number of carbonyl (C=O) groups is 3. The van der Waals surface area contributed by atoms with Crippen LogP contribution in [0.1, 0.15) is 63.9 Å². The van der Waals surface area contributed by atoms with E-state index in [0.717, 1.165) is 16.7 Å². The number of anilines is 2. The number of nitrogens with one attached hydrogen (secondary N) is 3. The lowest BCUT2D eigenvalue weighted by atomic mass is 9.77. The van der Waals surface area contributed by atoms with E-state index >= 15 is 0 Å². The molecule has 3 heterocycles. The molecule has 15 heteroatoms. The number of benzene rings is 3. The Morgan fingerprint density at radius 1 is 0.885 bits per heavy atom. The zero-order valence-electron chi connectivity index (χ0n) is 29.5. The van der Waals surface area contributed by atoms with Crippen molar-refractivity contribution >= 4 is 45.9 Å². The van der Waals surface area contributed by atoms with Gasteiger partial charge in [0.25, 0.3) is 17.8 Å². The summed E-state index contributed by atoms with van der Waals surface area (Å²) in [6.45, 7) is 9.93. The van der Waals surface area contributed by atoms with E-state index in [-0.39, 0.29) is 17.4 Å². The summed E-state index contributed by atoms with van der Waals surface area (Å²) < 4.78 is 5.53. The van der Waals surface area contributed by atoms with Gasteiger partial charge in [-0.05, 0) is 63.4 Å². The molecule has 2 atom stereocenters. The molecule has 1 saturated heterocycles. The average molecular weight is 722 g/mol. The highest BCUT2D eigenvalue weighted by molar-refractivity contribution is 7.14. The van der Waals surface area contributed by atoms with E-state index in [9.17, 15) is 14.4 Å². The van der Waals surface area contributed by atoms with Crippen LogP contribution in [0.4, 0.5) is 11.1 Å². The number of amides is 2. The Kier molecular flexibility index (Phi) is 9.89. The number of β-lactam (4-membered cyclic amide) rings is 1. The van der Waals surface area contributed by atoms with Crippen molar-refractivity contribution in [3.05, 3.63) is 119 Å². The lowest BCUT2D eigenvalue weighted by Gasteiger charge is -2.42. The third-order valence-corrected chi connectivity index (χ3v) is 9.12. The SMILES string of the molecule is C[C@@H]1[C@H](NC(=O)/C(=N\OC(C)(C)C(=O)OC(C)(C)C)c2csc(NC(c3ccccc3)(c3ccccc3)c3ccccc3)n2)C(=O)N1c1nn[nH]n1. The summed E-state index contributed by atoms with van der Waals surface area (Å²) in [6.07, 6.45) is 0. The molecular formula is C37H39N9O5S. The molecule has 6 rings (SSSR count). The van der Waals surface area contributed by atoms with Gasteiger partial charge in [0.15, 0.2) is 10.8 Å². The quantitative estimate of drug-likeness (QED) is 0.0532. The summed E-state index contributed by atoms with van der Waals surface area (Å²) in [6, 6.07) is 28.6. The first-order chi connectivity index (χ1) is 24.8. The molecular weight excluding hydrogens is 683 g/mol. The molecule has 0 saturated carbocycles. The van der Waals surface area contributed by atoms with Crippen LogP contribution in [-0.4, -0.2) is 72.4 Å². The van der Waals surface area contributed by atoms with Crippen LogP contribution in [0.15, 0.2) is 102 Å². The van der Waals surface area contributed by atoms with E-state index in [2.05, 4.69) is 36.4 Å². The first-order valence-electron chi connectivity index (χ1n) is 16.6. The van der Waals surface area contributed by atoms with E-state index in [0.29, 0.717) is 5.13 Å². The molecule has 1 fully saturated rings. The third kappa shape index (κ3) is 7.26. The van der Waals surface area contributed by atoms with Gasteiger partial charge in [-0.1, -0.05) is 101 Å². The number of rotatable bonds is 12. The minimum Gasteiger partial charge on any atom is -0.457 e. The third-order valence-electron chi connectivity index (χ3n) is 8.36. The molecule has 0 aliphatic carbocycles. The van der Waals surface area contributed by atoms with Crippen LogP contribution < -0.4 is 15.5 Å². The summed E-state index contributed by atoms with van der Waals surface area (Å²) in [5.74, 6) is -1.76. The first-order valence-corrected chi connectivity index (χ1v) is 17.5. The average Bonchev–Trinajstić information content (AvgIpc) is 3.83. The van der Waals surface area contributed by atoms with Crippen LogP contribution in [0.5, 0.6) is 0 Å². The number of aromatic nitrogens is 5. The number of thiazole rings is 1. The lowest BCUT2D eigenvalue weighted by Crippen LogP contribution is -2.70. The number of H-pyrrole nitrogens is 1. The van der Waals surface area contributed by atoms with Crippen molar-refractivity contribution in [2.45, 2.75) is 70.4 Å². The maximum Gasteiger partial charge on any atom is 0.353 e. The van der Waals surface area contributed by atoms with E-state index in [1.807, 2.05) is 91.0 Å². The van der Waals surface area contributed by atoms with Gasteiger partial charge in [-0.3, -0.25) is 14.5 Å². The molecule has 14 nitrogen and oxygen atoms in total. The molecule has 2 aromatic heterocycles. The summed E-state index contributed by atoms with van der Waals surface area (Å²) in [5, 5.41) is 26.3. The highest BCUT2D eigenvalue weighted by atomic mass is 32.1. The molecule has 0 spiro atoms.